The predicted octanol–water partition coefficient (Wildman–Crippen LogP) is 2.68. The molecular weight excluding hydrogens is 148 g/mol. The first-order chi connectivity index (χ1) is 5.76. The molecule has 0 unspecified atom stereocenters. The van der Waals surface area contributed by atoms with Crippen molar-refractivity contribution in [2.24, 2.45) is 0 Å². The molecule has 0 bridgehead atoms. The van der Waals surface area contributed by atoms with Gasteiger partial charge in [0.2, 0.25) is 0 Å². The Balaban J connectivity index is 0.000000354. The van der Waals surface area contributed by atoms with Crippen LogP contribution in [-0.2, 0) is 0 Å². The Morgan fingerprint density at radius 2 is 2.08 bits per heavy atom. The van der Waals surface area contributed by atoms with E-state index in [1.54, 1.807) is 18.5 Å². The van der Waals surface area contributed by atoms with Crippen molar-refractivity contribution in [3.05, 3.63) is 29.6 Å². The summed E-state index contributed by atoms with van der Waals surface area (Å²) in [6, 6.07) is 3.76. The number of pyridine rings is 1. The zero-order valence-electron chi connectivity index (χ0n) is 7.83. The first kappa shape index (κ1) is 10.6. The number of aryl methyl sites for hydroxylation is 1. The summed E-state index contributed by atoms with van der Waals surface area (Å²) in [5.74, 6) is 0. The second-order valence-electron chi connectivity index (χ2n) is 2.51. The third kappa shape index (κ3) is 3.72. The van der Waals surface area contributed by atoms with Crippen LogP contribution in [0.15, 0.2) is 18.5 Å². The van der Waals surface area contributed by atoms with Gasteiger partial charge in [-0.3, -0.25) is 4.98 Å². The molecule has 0 spiro atoms. The third-order valence-electron chi connectivity index (χ3n) is 1.14. The molecule has 0 radical (unpaired) electrons. The van der Waals surface area contributed by atoms with E-state index in [0.717, 1.165) is 5.56 Å². The lowest BCUT2D eigenvalue weighted by Gasteiger charge is -1.90. The van der Waals surface area contributed by atoms with E-state index in [2.05, 4.69) is 24.9 Å². The van der Waals surface area contributed by atoms with E-state index in [0.29, 0.717) is 5.56 Å². The van der Waals surface area contributed by atoms with Crippen molar-refractivity contribution < 1.29 is 0 Å². The SMILES string of the molecule is CCC.Cc1cnccc1C#N. The normalized spacial score (nSPS) is 7.83. The van der Waals surface area contributed by atoms with Gasteiger partial charge < -0.3 is 0 Å². The molecule has 64 valence electrons. The van der Waals surface area contributed by atoms with E-state index in [4.69, 9.17) is 5.26 Å². The van der Waals surface area contributed by atoms with E-state index in [1.165, 1.54) is 6.42 Å². The summed E-state index contributed by atoms with van der Waals surface area (Å²) < 4.78 is 0. The highest BCUT2D eigenvalue weighted by Crippen LogP contribution is 2.00. The minimum Gasteiger partial charge on any atom is -0.264 e. The molecule has 1 aromatic rings. The van der Waals surface area contributed by atoms with Gasteiger partial charge in [0, 0.05) is 12.4 Å². The summed E-state index contributed by atoms with van der Waals surface area (Å²) in [5.41, 5.74) is 1.63. The highest BCUT2D eigenvalue weighted by Gasteiger charge is 1.91. The van der Waals surface area contributed by atoms with E-state index in [1.807, 2.05) is 6.92 Å². The van der Waals surface area contributed by atoms with E-state index >= 15 is 0 Å². The molecule has 0 aliphatic heterocycles. The smallest absolute Gasteiger partial charge is 0.0995 e. The Labute approximate surface area is 73.9 Å². The Morgan fingerprint density at radius 3 is 2.42 bits per heavy atom. The highest BCUT2D eigenvalue weighted by molar-refractivity contribution is 5.33. The number of aromatic nitrogens is 1. The molecule has 0 aliphatic carbocycles. The monoisotopic (exact) mass is 162 g/mol. The highest BCUT2D eigenvalue weighted by atomic mass is 14.6. The number of nitrogens with zero attached hydrogens (tertiary/aromatic N) is 2. The minimum atomic E-state index is 0.699. The summed E-state index contributed by atoms with van der Waals surface area (Å²) in [7, 11) is 0. The zero-order valence-corrected chi connectivity index (χ0v) is 7.83. The lowest BCUT2D eigenvalue weighted by molar-refractivity contribution is 1.09. The van der Waals surface area contributed by atoms with Crippen molar-refractivity contribution in [3.8, 4) is 6.07 Å². The molecule has 0 amide bonds. The zero-order chi connectivity index (χ0) is 9.40. The second kappa shape index (κ2) is 6.36. The Bertz CT molecular complexity index is 261. The predicted molar refractivity (Wildman–Crippen MR) is 49.7 cm³/mol. The molecule has 12 heavy (non-hydrogen) atoms. The third-order valence-corrected chi connectivity index (χ3v) is 1.14. The molecule has 1 rings (SSSR count). The maximum absolute atomic E-state index is 8.44. The molecule has 0 atom stereocenters. The van der Waals surface area contributed by atoms with Crippen LogP contribution in [0, 0.1) is 18.3 Å². The average molecular weight is 162 g/mol. The van der Waals surface area contributed by atoms with Crippen molar-refractivity contribution in [1.82, 2.24) is 4.98 Å². The lowest BCUT2D eigenvalue weighted by Crippen LogP contribution is -1.80. The number of rotatable bonds is 0. The van der Waals surface area contributed by atoms with Gasteiger partial charge in [-0.1, -0.05) is 20.3 Å². The van der Waals surface area contributed by atoms with Gasteiger partial charge in [0.05, 0.1) is 11.6 Å². The van der Waals surface area contributed by atoms with E-state index in [9.17, 15) is 0 Å². The Morgan fingerprint density at radius 1 is 1.50 bits per heavy atom. The Hall–Kier alpha value is -1.36. The molecule has 0 aromatic carbocycles. The minimum absolute atomic E-state index is 0.699. The van der Waals surface area contributed by atoms with Crippen LogP contribution in [-0.4, -0.2) is 4.98 Å². The standard InChI is InChI=1S/C7H6N2.C3H8/c1-6-5-9-3-2-7(6)4-8;1-3-2/h2-3,5H,1H3;3H2,1-2H3. The van der Waals surface area contributed by atoms with Crippen molar-refractivity contribution in [3.63, 3.8) is 0 Å². The molecule has 0 N–H and O–H groups in total. The lowest BCUT2D eigenvalue weighted by atomic mass is 10.2. The maximum atomic E-state index is 8.44. The van der Waals surface area contributed by atoms with Crippen LogP contribution < -0.4 is 0 Å². The number of nitriles is 1. The van der Waals surface area contributed by atoms with Crippen LogP contribution in [0.2, 0.25) is 0 Å². The molecule has 1 aromatic heterocycles. The number of hydrogen-bond donors (Lipinski definition) is 0. The fraction of sp³-hybridized carbons (Fsp3) is 0.400. The van der Waals surface area contributed by atoms with E-state index in [-0.39, 0.29) is 0 Å². The van der Waals surface area contributed by atoms with E-state index < -0.39 is 0 Å². The molecule has 0 aliphatic rings. The van der Waals surface area contributed by atoms with Crippen LogP contribution in [0.3, 0.4) is 0 Å². The first-order valence-corrected chi connectivity index (χ1v) is 4.06. The van der Waals surface area contributed by atoms with Gasteiger partial charge >= 0.3 is 0 Å². The second-order valence-corrected chi connectivity index (χ2v) is 2.51. The fourth-order valence-electron chi connectivity index (χ4n) is 0.599. The molecule has 1 heterocycles. The molecule has 2 nitrogen and oxygen atoms in total. The van der Waals surface area contributed by atoms with Gasteiger partial charge in [-0.25, -0.2) is 0 Å². The van der Waals surface area contributed by atoms with Crippen molar-refractivity contribution in [2.75, 3.05) is 0 Å². The molecular formula is C10H14N2. The fourth-order valence-corrected chi connectivity index (χ4v) is 0.599. The van der Waals surface area contributed by atoms with Crippen LogP contribution in [0.5, 0.6) is 0 Å². The summed E-state index contributed by atoms with van der Waals surface area (Å²) in [6.07, 6.45) is 4.55. The Kier molecular flexibility index (Phi) is 5.64. The van der Waals surface area contributed by atoms with Crippen molar-refractivity contribution in [1.29, 1.82) is 5.26 Å². The van der Waals surface area contributed by atoms with Gasteiger partial charge in [0.25, 0.3) is 0 Å². The van der Waals surface area contributed by atoms with Crippen LogP contribution in [0.1, 0.15) is 31.4 Å². The molecule has 0 fully saturated rings. The largest absolute Gasteiger partial charge is 0.264 e. The number of hydrogen-bond acceptors (Lipinski definition) is 2. The molecule has 0 saturated heterocycles. The summed E-state index contributed by atoms with van der Waals surface area (Å²) in [5, 5.41) is 8.44. The quantitative estimate of drug-likeness (QED) is 0.588. The molecule has 0 saturated carbocycles. The van der Waals surface area contributed by atoms with Crippen LogP contribution in [0.25, 0.3) is 0 Å². The maximum Gasteiger partial charge on any atom is 0.0995 e. The summed E-state index contributed by atoms with van der Waals surface area (Å²) in [4.78, 5) is 3.84. The molecule has 2 heteroatoms. The summed E-state index contributed by atoms with van der Waals surface area (Å²) in [6.45, 7) is 6.12. The first-order valence-electron chi connectivity index (χ1n) is 4.06. The summed E-state index contributed by atoms with van der Waals surface area (Å²) >= 11 is 0. The van der Waals surface area contributed by atoms with Gasteiger partial charge in [-0.05, 0) is 18.6 Å². The van der Waals surface area contributed by atoms with Crippen LogP contribution >= 0.6 is 0 Å². The van der Waals surface area contributed by atoms with Gasteiger partial charge in [-0.15, -0.1) is 0 Å². The van der Waals surface area contributed by atoms with Crippen molar-refractivity contribution >= 4 is 0 Å². The van der Waals surface area contributed by atoms with Gasteiger partial charge in [-0.2, -0.15) is 5.26 Å². The van der Waals surface area contributed by atoms with Crippen molar-refractivity contribution in [2.45, 2.75) is 27.2 Å². The van der Waals surface area contributed by atoms with Gasteiger partial charge in [0.1, 0.15) is 0 Å². The topological polar surface area (TPSA) is 36.7 Å². The van der Waals surface area contributed by atoms with Gasteiger partial charge in [0.15, 0.2) is 0 Å². The average Bonchev–Trinajstić information content (AvgIpc) is 2.07. The van der Waals surface area contributed by atoms with Crippen LogP contribution in [0.4, 0.5) is 0 Å².